The molecule has 0 bridgehead atoms. The van der Waals surface area contributed by atoms with Crippen molar-refractivity contribution in [1.82, 2.24) is 4.90 Å². The van der Waals surface area contributed by atoms with Gasteiger partial charge in [-0.3, -0.25) is 9.69 Å². The van der Waals surface area contributed by atoms with Gasteiger partial charge in [0.15, 0.2) is 0 Å². The molecule has 0 saturated carbocycles. The molecule has 96 valence electrons. The number of hydrogen-bond donors (Lipinski definition) is 0. The second-order valence-corrected chi connectivity index (χ2v) is 3.72. The lowest BCUT2D eigenvalue weighted by Gasteiger charge is -2.26. The summed E-state index contributed by atoms with van der Waals surface area (Å²) in [4.78, 5) is 13.4. The molecule has 1 atom stereocenters. The van der Waals surface area contributed by atoms with E-state index in [1.165, 1.54) is 0 Å². The fourth-order valence-electron chi connectivity index (χ4n) is 1.41. The number of hydrogen-bond acceptors (Lipinski definition) is 4. The van der Waals surface area contributed by atoms with E-state index in [0.29, 0.717) is 26.4 Å². The molecule has 0 aliphatic carbocycles. The van der Waals surface area contributed by atoms with Gasteiger partial charge >= 0.3 is 0 Å². The van der Waals surface area contributed by atoms with Crippen LogP contribution in [0.15, 0.2) is 0 Å². The smallest absolute Gasteiger partial charge is 0.146 e. The van der Waals surface area contributed by atoms with E-state index < -0.39 is 0 Å². The van der Waals surface area contributed by atoms with E-state index in [4.69, 9.17) is 9.47 Å². The fraction of sp³-hybridized carbons (Fsp3) is 0.917. The van der Waals surface area contributed by atoms with Gasteiger partial charge in [0.2, 0.25) is 0 Å². The monoisotopic (exact) mass is 231 g/mol. The quantitative estimate of drug-likeness (QED) is 0.532. The van der Waals surface area contributed by atoms with Crippen LogP contribution in [0, 0.1) is 0 Å². The molecular weight excluding hydrogens is 206 g/mol. The Morgan fingerprint density at radius 2 is 1.56 bits per heavy atom. The lowest BCUT2D eigenvalue weighted by molar-refractivity contribution is -0.122. The first-order valence-electron chi connectivity index (χ1n) is 6.03. The molecule has 4 heteroatoms. The molecule has 1 unspecified atom stereocenters. The molecule has 0 aromatic carbocycles. The van der Waals surface area contributed by atoms with Crippen LogP contribution in [0.2, 0.25) is 0 Å². The summed E-state index contributed by atoms with van der Waals surface area (Å²) in [5.74, 6) is 0.188. The highest BCUT2D eigenvalue weighted by atomic mass is 16.5. The molecule has 16 heavy (non-hydrogen) atoms. The van der Waals surface area contributed by atoms with Crippen LogP contribution in [0.25, 0.3) is 0 Å². The number of ether oxygens (including phenoxy) is 2. The molecule has 0 aromatic heterocycles. The molecule has 0 amide bonds. The van der Waals surface area contributed by atoms with Crippen molar-refractivity contribution in [3.63, 3.8) is 0 Å². The summed E-state index contributed by atoms with van der Waals surface area (Å²) in [5.41, 5.74) is 0. The van der Waals surface area contributed by atoms with E-state index in [-0.39, 0.29) is 11.8 Å². The van der Waals surface area contributed by atoms with Crippen molar-refractivity contribution in [3.05, 3.63) is 0 Å². The van der Waals surface area contributed by atoms with Gasteiger partial charge in [-0.05, 0) is 27.7 Å². The number of carbonyl (C=O) groups is 1. The summed E-state index contributed by atoms with van der Waals surface area (Å²) in [7, 11) is 0. The Kier molecular flexibility index (Phi) is 9.48. The largest absolute Gasteiger partial charge is 0.380 e. The van der Waals surface area contributed by atoms with E-state index in [1.54, 1.807) is 6.92 Å². The molecular formula is C12H25NO3. The van der Waals surface area contributed by atoms with Crippen LogP contribution in [0.5, 0.6) is 0 Å². The predicted octanol–water partition coefficient (Wildman–Crippen LogP) is 1.34. The van der Waals surface area contributed by atoms with Gasteiger partial charge in [-0.25, -0.2) is 0 Å². The summed E-state index contributed by atoms with van der Waals surface area (Å²) in [6.07, 6.45) is 0. The summed E-state index contributed by atoms with van der Waals surface area (Å²) < 4.78 is 10.6. The third-order valence-electron chi connectivity index (χ3n) is 2.59. The summed E-state index contributed by atoms with van der Waals surface area (Å²) in [5, 5.41) is 0. The first-order valence-corrected chi connectivity index (χ1v) is 6.03. The minimum atomic E-state index is -0.0547. The van der Waals surface area contributed by atoms with Crippen LogP contribution in [-0.2, 0) is 14.3 Å². The average molecular weight is 231 g/mol. The van der Waals surface area contributed by atoms with Crippen LogP contribution in [-0.4, -0.2) is 56.2 Å². The number of carbonyl (C=O) groups excluding carboxylic acids is 1. The predicted molar refractivity (Wildman–Crippen MR) is 64.7 cm³/mol. The molecule has 4 nitrogen and oxygen atoms in total. The van der Waals surface area contributed by atoms with Gasteiger partial charge in [-0.15, -0.1) is 0 Å². The number of ketones is 1. The van der Waals surface area contributed by atoms with E-state index >= 15 is 0 Å². The van der Waals surface area contributed by atoms with Crippen molar-refractivity contribution < 1.29 is 14.3 Å². The van der Waals surface area contributed by atoms with Crippen molar-refractivity contribution in [1.29, 1.82) is 0 Å². The maximum atomic E-state index is 11.3. The Morgan fingerprint density at radius 3 is 1.88 bits per heavy atom. The highest BCUT2D eigenvalue weighted by Crippen LogP contribution is 2.00. The highest BCUT2D eigenvalue weighted by molar-refractivity contribution is 5.80. The normalized spacial score (nSPS) is 13.1. The minimum absolute atomic E-state index is 0.0547. The second-order valence-electron chi connectivity index (χ2n) is 3.72. The first kappa shape index (κ1) is 15.6. The van der Waals surface area contributed by atoms with Gasteiger partial charge < -0.3 is 9.47 Å². The molecule has 0 heterocycles. The summed E-state index contributed by atoms with van der Waals surface area (Å²) in [6.45, 7) is 11.8. The fourth-order valence-corrected chi connectivity index (χ4v) is 1.41. The molecule has 0 fully saturated rings. The maximum absolute atomic E-state index is 11.3. The van der Waals surface area contributed by atoms with Gasteiger partial charge in [0, 0.05) is 26.3 Å². The number of Topliss-reactive ketones (excluding diaryl/α,β-unsaturated/α-hetero) is 1. The molecule has 0 spiro atoms. The molecule has 0 aliphatic rings. The van der Waals surface area contributed by atoms with Gasteiger partial charge in [0.25, 0.3) is 0 Å². The minimum Gasteiger partial charge on any atom is -0.380 e. The average Bonchev–Trinajstić information content (AvgIpc) is 2.26. The lowest BCUT2D eigenvalue weighted by atomic mass is 10.2. The Labute approximate surface area is 98.9 Å². The summed E-state index contributed by atoms with van der Waals surface area (Å²) >= 11 is 0. The third-order valence-corrected chi connectivity index (χ3v) is 2.59. The van der Waals surface area contributed by atoms with Crippen LogP contribution in [0.3, 0.4) is 0 Å². The Balaban J connectivity index is 3.99. The van der Waals surface area contributed by atoms with E-state index in [2.05, 4.69) is 4.90 Å². The van der Waals surface area contributed by atoms with Crippen molar-refractivity contribution in [3.8, 4) is 0 Å². The molecule has 0 aliphatic heterocycles. The lowest BCUT2D eigenvalue weighted by Crippen LogP contribution is -2.42. The Morgan fingerprint density at radius 1 is 1.12 bits per heavy atom. The van der Waals surface area contributed by atoms with Gasteiger partial charge in [0.1, 0.15) is 5.78 Å². The van der Waals surface area contributed by atoms with Gasteiger partial charge in [0.05, 0.1) is 19.3 Å². The zero-order chi connectivity index (χ0) is 12.4. The number of rotatable bonds is 10. The van der Waals surface area contributed by atoms with Crippen LogP contribution >= 0.6 is 0 Å². The molecule has 0 N–H and O–H groups in total. The maximum Gasteiger partial charge on any atom is 0.146 e. The van der Waals surface area contributed by atoms with Gasteiger partial charge in [-0.2, -0.15) is 0 Å². The van der Waals surface area contributed by atoms with Crippen LogP contribution in [0.1, 0.15) is 27.7 Å². The Bertz CT molecular complexity index is 175. The standard InChI is InChI=1S/C12H25NO3/c1-5-15-9-7-13(8-10-16-6-2)11(3)12(4)14/h11H,5-10H2,1-4H3. The van der Waals surface area contributed by atoms with Crippen molar-refractivity contribution in [2.24, 2.45) is 0 Å². The van der Waals surface area contributed by atoms with Crippen LogP contribution < -0.4 is 0 Å². The number of nitrogens with zero attached hydrogens (tertiary/aromatic N) is 1. The molecule has 0 aromatic rings. The SMILES string of the molecule is CCOCCN(CCOCC)C(C)C(C)=O. The van der Waals surface area contributed by atoms with Gasteiger partial charge in [-0.1, -0.05) is 0 Å². The summed E-state index contributed by atoms with van der Waals surface area (Å²) in [6, 6.07) is -0.0547. The third kappa shape index (κ3) is 6.93. The highest BCUT2D eigenvalue weighted by Gasteiger charge is 2.17. The zero-order valence-corrected chi connectivity index (χ0v) is 11.0. The molecule has 0 saturated heterocycles. The van der Waals surface area contributed by atoms with E-state index in [1.807, 2.05) is 20.8 Å². The van der Waals surface area contributed by atoms with Crippen LogP contribution in [0.4, 0.5) is 0 Å². The van der Waals surface area contributed by atoms with Crippen molar-refractivity contribution >= 4 is 5.78 Å². The second kappa shape index (κ2) is 9.75. The zero-order valence-electron chi connectivity index (χ0n) is 11.0. The molecule has 0 rings (SSSR count). The Hall–Kier alpha value is -0.450. The first-order chi connectivity index (χ1) is 7.63. The molecule has 0 radical (unpaired) electrons. The van der Waals surface area contributed by atoms with Crippen molar-refractivity contribution in [2.45, 2.75) is 33.7 Å². The topological polar surface area (TPSA) is 38.8 Å². The van der Waals surface area contributed by atoms with E-state index in [0.717, 1.165) is 13.1 Å². The van der Waals surface area contributed by atoms with E-state index in [9.17, 15) is 4.79 Å². The van der Waals surface area contributed by atoms with Crippen molar-refractivity contribution in [2.75, 3.05) is 39.5 Å².